The maximum absolute atomic E-state index is 12.1. The fraction of sp³-hybridized carbons (Fsp3) is 0.500. The molecule has 1 aliphatic rings. The van der Waals surface area contributed by atoms with E-state index in [9.17, 15) is 19.5 Å². The van der Waals surface area contributed by atoms with Gasteiger partial charge in [0.25, 0.3) is 0 Å². The van der Waals surface area contributed by atoms with Crippen molar-refractivity contribution in [1.29, 1.82) is 0 Å². The highest BCUT2D eigenvalue weighted by molar-refractivity contribution is 6.32. The van der Waals surface area contributed by atoms with E-state index in [-0.39, 0.29) is 17.6 Å². The molecule has 1 aliphatic carbocycles. The molecule has 27 heavy (non-hydrogen) atoms. The van der Waals surface area contributed by atoms with Crippen molar-refractivity contribution in [1.82, 2.24) is 16.0 Å². The number of carbonyl (C=O) groups excluding carboxylic acids is 2. The predicted molar refractivity (Wildman–Crippen MR) is 99.9 cm³/mol. The Balaban J connectivity index is 1.88. The number of urea groups is 1. The van der Waals surface area contributed by atoms with Crippen LogP contribution in [-0.4, -0.2) is 42.7 Å². The van der Waals surface area contributed by atoms with Crippen LogP contribution in [0.25, 0.3) is 0 Å². The number of hydrogen-bond donors (Lipinski definition) is 4. The van der Waals surface area contributed by atoms with Gasteiger partial charge >= 0.3 is 12.0 Å². The largest absolute Gasteiger partial charge is 0.495 e. The van der Waals surface area contributed by atoms with Crippen molar-refractivity contribution >= 4 is 29.5 Å². The van der Waals surface area contributed by atoms with Crippen LogP contribution in [0.15, 0.2) is 18.2 Å². The van der Waals surface area contributed by atoms with E-state index in [1.807, 2.05) is 0 Å². The van der Waals surface area contributed by atoms with Crippen LogP contribution in [0, 0.1) is 0 Å². The number of hydrogen-bond acceptors (Lipinski definition) is 4. The Morgan fingerprint density at radius 1 is 1.26 bits per heavy atom. The third-order valence-electron chi connectivity index (χ3n) is 4.41. The maximum atomic E-state index is 12.1. The van der Waals surface area contributed by atoms with Gasteiger partial charge in [-0.1, -0.05) is 36.9 Å². The van der Waals surface area contributed by atoms with Crippen molar-refractivity contribution in [3.05, 3.63) is 28.8 Å². The van der Waals surface area contributed by atoms with Gasteiger partial charge in [0, 0.05) is 6.04 Å². The highest BCUT2D eigenvalue weighted by atomic mass is 35.5. The minimum absolute atomic E-state index is 0.120. The summed E-state index contributed by atoms with van der Waals surface area (Å²) in [5.41, 5.74) is 0.299. The van der Waals surface area contributed by atoms with Crippen molar-refractivity contribution < 1.29 is 24.2 Å². The lowest BCUT2D eigenvalue weighted by molar-refractivity contribution is -0.141. The predicted octanol–water partition coefficient (Wildman–Crippen LogP) is 2.22. The summed E-state index contributed by atoms with van der Waals surface area (Å²) in [5.74, 6) is -1.46. The Kier molecular flexibility index (Phi) is 7.72. The highest BCUT2D eigenvalue weighted by Crippen LogP contribution is 2.27. The van der Waals surface area contributed by atoms with Crippen LogP contribution in [0.1, 0.15) is 43.7 Å². The van der Waals surface area contributed by atoms with E-state index in [1.165, 1.54) is 31.7 Å². The number of aliphatic carboxylic acids is 1. The second-order valence-electron chi connectivity index (χ2n) is 6.39. The molecule has 0 spiro atoms. The summed E-state index contributed by atoms with van der Waals surface area (Å²) in [6, 6.07) is 2.85. The van der Waals surface area contributed by atoms with Gasteiger partial charge < -0.3 is 25.8 Å². The molecule has 0 heterocycles. The number of halogens is 1. The topological polar surface area (TPSA) is 117 Å². The van der Waals surface area contributed by atoms with Gasteiger partial charge in [-0.3, -0.25) is 4.79 Å². The SMILES string of the molecule is COc1ccc(C(NC(=O)CNC(=O)NC2CCCCC2)C(=O)O)cc1Cl. The van der Waals surface area contributed by atoms with Gasteiger partial charge in [0.2, 0.25) is 5.91 Å². The highest BCUT2D eigenvalue weighted by Gasteiger charge is 2.23. The number of methoxy groups -OCH3 is 1. The molecule has 148 valence electrons. The molecule has 8 nitrogen and oxygen atoms in total. The van der Waals surface area contributed by atoms with Gasteiger partial charge in [-0.15, -0.1) is 0 Å². The molecule has 1 fully saturated rings. The van der Waals surface area contributed by atoms with Gasteiger partial charge in [-0.25, -0.2) is 9.59 Å². The number of carboxylic acid groups (broad SMARTS) is 1. The number of rotatable bonds is 7. The van der Waals surface area contributed by atoms with E-state index in [2.05, 4.69) is 16.0 Å². The van der Waals surface area contributed by atoms with Crippen molar-refractivity contribution in [2.24, 2.45) is 0 Å². The van der Waals surface area contributed by atoms with E-state index >= 15 is 0 Å². The Morgan fingerprint density at radius 3 is 2.56 bits per heavy atom. The van der Waals surface area contributed by atoms with Crippen molar-refractivity contribution in [3.8, 4) is 5.75 Å². The van der Waals surface area contributed by atoms with Crippen LogP contribution in [0.2, 0.25) is 5.02 Å². The minimum atomic E-state index is -1.29. The molecule has 9 heteroatoms. The first-order chi connectivity index (χ1) is 12.9. The van der Waals surface area contributed by atoms with Crippen molar-refractivity contribution in [3.63, 3.8) is 0 Å². The van der Waals surface area contributed by atoms with E-state index in [1.54, 1.807) is 0 Å². The average molecular weight is 398 g/mol. The molecule has 0 aliphatic heterocycles. The molecule has 2 rings (SSSR count). The second kappa shape index (κ2) is 10.0. The van der Waals surface area contributed by atoms with Gasteiger partial charge in [0.05, 0.1) is 18.7 Å². The lowest BCUT2D eigenvalue weighted by Gasteiger charge is -2.23. The van der Waals surface area contributed by atoms with E-state index in [0.29, 0.717) is 11.3 Å². The van der Waals surface area contributed by atoms with Crippen LogP contribution < -0.4 is 20.7 Å². The molecule has 0 saturated heterocycles. The van der Waals surface area contributed by atoms with Crippen LogP contribution >= 0.6 is 11.6 Å². The Bertz CT molecular complexity index is 692. The number of amides is 3. The molecule has 1 aromatic rings. The zero-order chi connectivity index (χ0) is 19.8. The summed E-state index contributed by atoms with van der Waals surface area (Å²) in [4.78, 5) is 35.4. The van der Waals surface area contributed by atoms with Crippen molar-refractivity contribution in [2.45, 2.75) is 44.2 Å². The summed E-state index contributed by atoms with van der Waals surface area (Å²) in [6.07, 6.45) is 5.19. The fourth-order valence-electron chi connectivity index (χ4n) is 3.01. The lowest BCUT2D eigenvalue weighted by atomic mass is 9.96. The first-order valence-electron chi connectivity index (χ1n) is 8.80. The van der Waals surface area contributed by atoms with Gasteiger partial charge in [-0.2, -0.15) is 0 Å². The Hall–Kier alpha value is -2.48. The fourth-order valence-corrected chi connectivity index (χ4v) is 3.27. The first-order valence-corrected chi connectivity index (χ1v) is 9.18. The number of ether oxygens (including phenoxy) is 1. The molecule has 1 saturated carbocycles. The Labute approximate surface area is 162 Å². The van der Waals surface area contributed by atoms with Crippen LogP contribution in [0.3, 0.4) is 0 Å². The normalized spacial score (nSPS) is 15.5. The van der Waals surface area contributed by atoms with E-state index in [4.69, 9.17) is 16.3 Å². The van der Waals surface area contributed by atoms with Crippen molar-refractivity contribution in [2.75, 3.05) is 13.7 Å². The number of benzene rings is 1. The molecule has 1 aromatic carbocycles. The maximum Gasteiger partial charge on any atom is 0.330 e. The smallest absolute Gasteiger partial charge is 0.330 e. The minimum Gasteiger partial charge on any atom is -0.495 e. The first kappa shape index (κ1) is 20.8. The van der Waals surface area contributed by atoms with Gasteiger partial charge in [0.1, 0.15) is 5.75 Å². The molecular weight excluding hydrogens is 374 g/mol. The summed E-state index contributed by atoms with van der Waals surface area (Å²) < 4.78 is 5.03. The quantitative estimate of drug-likeness (QED) is 0.563. The average Bonchev–Trinajstić information content (AvgIpc) is 2.65. The third-order valence-corrected chi connectivity index (χ3v) is 4.71. The molecule has 1 unspecified atom stereocenters. The van der Waals surface area contributed by atoms with E-state index < -0.39 is 23.9 Å². The summed E-state index contributed by atoms with van der Waals surface area (Å²) in [6.45, 7) is -0.327. The standard InChI is InChI=1S/C18H24ClN3O5/c1-27-14-8-7-11(9-13(14)19)16(17(24)25)22-15(23)10-20-18(26)21-12-5-3-2-4-6-12/h7-9,12,16H,2-6,10H2,1H3,(H,22,23)(H,24,25)(H2,20,21,26). The van der Waals surface area contributed by atoms with Gasteiger partial charge in [-0.05, 0) is 30.5 Å². The van der Waals surface area contributed by atoms with Crippen LogP contribution in [0.5, 0.6) is 5.75 Å². The molecule has 0 bridgehead atoms. The molecule has 4 N–H and O–H groups in total. The summed E-state index contributed by atoms with van der Waals surface area (Å²) in [7, 11) is 1.45. The lowest BCUT2D eigenvalue weighted by Crippen LogP contribution is -2.47. The zero-order valence-corrected chi connectivity index (χ0v) is 15.8. The molecular formula is C18H24ClN3O5. The number of nitrogens with one attached hydrogen (secondary N) is 3. The van der Waals surface area contributed by atoms with Gasteiger partial charge in [0.15, 0.2) is 6.04 Å². The monoisotopic (exact) mass is 397 g/mol. The zero-order valence-electron chi connectivity index (χ0n) is 15.1. The van der Waals surface area contributed by atoms with E-state index in [0.717, 1.165) is 25.7 Å². The summed E-state index contributed by atoms with van der Waals surface area (Å²) in [5, 5.41) is 17.3. The van der Waals surface area contributed by atoms with Crippen LogP contribution in [0.4, 0.5) is 4.79 Å². The molecule has 0 radical (unpaired) electrons. The van der Waals surface area contributed by atoms with Crippen LogP contribution in [-0.2, 0) is 9.59 Å². The Morgan fingerprint density at radius 2 is 1.96 bits per heavy atom. The molecule has 1 atom stereocenters. The molecule has 0 aromatic heterocycles. The number of carbonyl (C=O) groups is 3. The number of carboxylic acids is 1. The third kappa shape index (κ3) is 6.32. The molecule has 3 amide bonds. The second-order valence-corrected chi connectivity index (χ2v) is 6.80. The summed E-state index contributed by atoms with van der Waals surface area (Å²) >= 11 is 6.01.